The molecule has 1 saturated heterocycles. The van der Waals surface area contributed by atoms with Crippen LogP contribution in [0, 0.1) is 6.92 Å². The van der Waals surface area contributed by atoms with Crippen LogP contribution in [0.5, 0.6) is 0 Å². The van der Waals surface area contributed by atoms with Crippen LogP contribution in [0.4, 0.5) is 11.8 Å². The summed E-state index contributed by atoms with van der Waals surface area (Å²) in [5.74, 6) is 1.77. The summed E-state index contributed by atoms with van der Waals surface area (Å²) < 4.78 is 0. The molecule has 1 amide bonds. The molecule has 3 aromatic rings. The van der Waals surface area contributed by atoms with E-state index < -0.39 is 0 Å². The number of rotatable bonds is 5. The number of aryl methyl sites for hydroxylation is 1. The Labute approximate surface area is 168 Å². The zero-order valence-electron chi connectivity index (χ0n) is 16.2. The number of hydrogen-bond acceptors (Lipinski definition) is 8. The molecule has 0 saturated carbocycles. The lowest BCUT2D eigenvalue weighted by Crippen LogP contribution is -2.49. The number of amides is 1. The third kappa shape index (κ3) is 4.63. The monoisotopic (exact) mass is 390 g/mol. The van der Waals surface area contributed by atoms with Crippen LogP contribution in [-0.4, -0.2) is 61.9 Å². The first-order chi connectivity index (χ1) is 14.2. The number of nitrogens with zero attached hydrogens (tertiary/aromatic N) is 7. The van der Waals surface area contributed by atoms with E-state index >= 15 is 0 Å². The van der Waals surface area contributed by atoms with Crippen molar-refractivity contribution in [2.75, 3.05) is 36.4 Å². The van der Waals surface area contributed by atoms with Crippen LogP contribution in [0.25, 0.3) is 0 Å². The van der Waals surface area contributed by atoms with Crippen LogP contribution in [0.1, 0.15) is 22.0 Å². The van der Waals surface area contributed by atoms with E-state index in [0.717, 1.165) is 5.69 Å². The Bertz CT molecular complexity index is 959. The Hall–Kier alpha value is -3.62. The molecule has 0 aliphatic carbocycles. The van der Waals surface area contributed by atoms with Crippen molar-refractivity contribution in [2.45, 2.75) is 13.5 Å². The highest BCUT2D eigenvalue weighted by atomic mass is 16.2. The quantitative estimate of drug-likeness (QED) is 0.700. The van der Waals surface area contributed by atoms with Crippen molar-refractivity contribution in [3.05, 3.63) is 66.1 Å². The smallest absolute Gasteiger partial charge is 0.272 e. The molecule has 0 spiro atoms. The first kappa shape index (κ1) is 18.7. The molecule has 0 aromatic carbocycles. The summed E-state index contributed by atoms with van der Waals surface area (Å²) in [5.41, 5.74) is 1.29. The summed E-state index contributed by atoms with van der Waals surface area (Å²) in [6, 6.07) is 9.23. The summed E-state index contributed by atoms with van der Waals surface area (Å²) in [4.78, 5) is 38.4. The Kier molecular flexibility index (Phi) is 5.55. The molecule has 1 aliphatic rings. The van der Waals surface area contributed by atoms with Crippen molar-refractivity contribution in [3.63, 3.8) is 0 Å². The van der Waals surface area contributed by atoms with Crippen LogP contribution < -0.4 is 10.2 Å². The Balaban J connectivity index is 1.40. The Morgan fingerprint density at radius 1 is 1.00 bits per heavy atom. The van der Waals surface area contributed by atoms with Gasteiger partial charge in [0, 0.05) is 50.8 Å². The zero-order valence-corrected chi connectivity index (χ0v) is 16.2. The zero-order chi connectivity index (χ0) is 20.1. The fourth-order valence-electron chi connectivity index (χ4n) is 3.18. The second-order valence-electron chi connectivity index (χ2n) is 6.69. The molecule has 1 aliphatic heterocycles. The van der Waals surface area contributed by atoms with Gasteiger partial charge in [0.15, 0.2) is 0 Å². The minimum Gasteiger partial charge on any atom is -0.364 e. The molecule has 3 aromatic heterocycles. The van der Waals surface area contributed by atoms with Crippen molar-refractivity contribution in [1.82, 2.24) is 29.8 Å². The Morgan fingerprint density at radius 2 is 1.76 bits per heavy atom. The average molecular weight is 390 g/mol. The second-order valence-corrected chi connectivity index (χ2v) is 6.69. The molecule has 9 nitrogen and oxygen atoms in total. The molecule has 0 unspecified atom stereocenters. The van der Waals surface area contributed by atoms with Gasteiger partial charge >= 0.3 is 0 Å². The minimum absolute atomic E-state index is 0.0926. The van der Waals surface area contributed by atoms with Gasteiger partial charge in [0.25, 0.3) is 5.91 Å². The molecule has 1 fully saturated rings. The van der Waals surface area contributed by atoms with Gasteiger partial charge in [-0.05, 0) is 25.1 Å². The van der Waals surface area contributed by atoms with Gasteiger partial charge < -0.3 is 15.1 Å². The molecular weight excluding hydrogens is 368 g/mol. The summed E-state index contributed by atoms with van der Waals surface area (Å²) >= 11 is 0. The lowest BCUT2D eigenvalue weighted by molar-refractivity contribution is 0.0740. The van der Waals surface area contributed by atoms with Gasteiger partial charge in [-0.1, -0.05) is 6.07 Å². The van der Waals surface area contributed by atoms with Gasteiger partial charge in [0.1, 0.15) is 17.3 Å². The van der Waals surface area contributed by atoms with Crippen molar-refractivity contribution < 1.29 is 4.79 Å². The maximum atomic E-state index is 13.0. The normalized spacial score (nSPS) is 14.0. The van der Waals surface area contributed by atoms with Crippen molar-refractivity contribution in [2.24, 2.45) is 0 Å². The predicted octanol–water partition coefficient (Wildman–Crippen LogP) is 1.54. The third-order valence-electron chi connectivity index (χ3n) is 4.64. The molecule has 4 rings (SSSR count). The molecule has 9 heteroatoms. The van der Waals surface area contributed by atoms with Crippen molar-refractivity contribution >= 4 is 17.7 Å². The van der Waals surface area contributed by atoms with E-state index in [1.165, 1.54) is 0 Å². The largest absolute Gasteiger partial charge is 0.364 e. The number of piperazine rings is 1. The van der Waals surface area contributed by atoms with E-state index in [4.69, 9.17) is 0 Å². The van der Waals surface area contributed by atoms with Crippen LogP contribution in [0.15, 0.2) is 48.9 Å². The number of pyridine rings is 1. The van der Waals surface area contributed by atoms with Crippen molar-refractivity contribution in [1.29, 1.82) is 0 Å². The van der Waals surface area contributed by atoms with Crippen LogP contribution in [0.2, 0.25) is 0 Å². The fourth-order valence-corrected chi connectivity index (χ4v) is 3.18. The van der Waals surface area contributed by atoms with E-state index in [-0.39, 0.29) is 5.91 Å². The Morgan fingerprint density at radius 3 is 2.48 bits per heavy atom. The van der Waals surface area contributed by atoms with E-state index in [1.807, 2.05) is 23.1 Å². The van der Waals surface area contributed by atoms with E-state index in [0.29, 0.717) is 56.0 Å². The summed E-state index contributed by atoms with van der Waals surface area (Å²) in [6.45, 7) is 4.87. The lowest BCUT2D eigenvalue weighted by Gasteiger charge is -2.34. The van der Waals surface area contributed by atoms with Gasteiger partial charge in [-0.2, -0.15) is 0 Å². The number of hydrogen-bond donors (Lipinski definition) is 1. The number of nitrogens with one attached hydrogen (secondary N) is 1. The molecule has 1 N–H and O–H groups in total. The fraction of sp³-hybridized carbons (Fsp3) is 0.300. The molecular formula is C20H22N8O. The van der Waals surface area contributed by atoms with Gasteiger partial charge in [0.2, 0.25) is 5.95 Å². The van der Waals surface area contributed by atoms with E-state index in [2.05, 4.69) is 35.1 Å². The van der Waals surface area contributed by atoms with Gasteiger partial charge in [0.05, 0.1) is 12.2 Å². The first-order valence-corrected chi connectivity index (χ1v) is 9.50. The highest BCUT2D eigenvalue weighted by Gasteiger charge is 2.24. The van der Waals surface area contributed by atoms with Crippen molar-refractivity contribution in [3.8, 4) is 0 Å². The number of carbonyl (C=O) groups excluding carboxylic acids is 1. The number of carbonyl (C=O) groups is 1. The summed E-state index contributed by atoms with van der Waals surface area (Å²) in [7, 11) is 0. The molecule has 0 atom stereocenters. The predicted molar refractivity (Wildman–Crippen MR) is 108 cm³/mol. The first-order valence-electron chi connectivity index (χ1n) is 9.50. The average Bonchev–Trinajstić information content (AvgIpc) is 2.78. The highest BCUT2D eigenvalue weighted by Crippen LogP contribution is 2.14. The van der Waals surface area contributed by atoms with E-state index in [9.17, 15) is 4.79 Å². The number of anilines is 2. The van der Waals surface area contributed by atoms with E-state index in [1.54, 1.807) is 37.6 Å². The summed E-state index contributed by atoms with van der Waals surface area (Å²) in [6.07, 6.45) is 5.20. The topological polar surface area (TPSA) is 100 Å². The standard InChI is InChI=1S/C20H22N8O/c1-15-25-17(13-18(26-15)24-14-16-5-2-3-6-21-16)19(29)27-9-11-28(12-10-27)20-22-7-4-8-23-20/h2-8,13H,9-12,14H2,1H3,(H,24,25,26). The molecule has 0 radical (unpaired) electrons. The van der Waals surface area contributed by atoms with Gasteiger partial charge in [-0.3, -0.25) is 9.78 Å². The van der Waals surface area contributed by atoms with Crippen LogP contribution in [0.3, 0.4) is 0 Å². The maximum Gasteiger partial charge on any atom is 0.272 e. The molecule has 29 heavy (non-hydrogen) atoms. The van der Waals surface area contributed by atoms with Crippen LogP contribution >= 0.6 is 0 Å². The third-order valence-corrected chi connectivity index (χ3v) is 4.64. The molecule has 0 bridgehead atoms. The number of aromatic nitrogens is 5. The summed E-state index contributed by atoms with van der Waals surface area (Å²) in [5, 5.41) is 3.22. The molecule has 148 valence electrons. The highest BCUT2D eigenvalue weighted by molar-refractivity contribution is 5.93. The SMILES string of the molecule is Cc1nc(NCc2ccccn2)cc(C(=O)N2CCN(c3ncccn3)CC2)n1. The minimum atomic E-state index is -0.0926. The maximum absolute atomic E-state index is 13.0. The van der Waals surface area contributed by atoms with Gasteiger partial charge in [-0.25, -0.2) is 19.9 Å². The van der Waals surface area contributed by atoms with Crippen LogP contribution in [-0.2, 0) is 6.54 Å². The second kappa shape index (κ2) is 8.59. The lowest BCUT2D eigenvalue weighted by atomic mass is 10.2. The molecule has 4 heterocycles. The van der Waals surface area contributed by atoms with Gasteiger partial charge in [-0.15, -0.1) is 0 Å².